The molecule has 0 radical (unpaired) electrons. The predicted molar refractivity (Wildman–Crippen MR) is 103 cm³/mol. The second-order valence-electron chi connectivity index (χ2n) is 6.42. The highest BCUT2D eigenvalue weighted by molar-refractivity contribution is 6.30. The predicted octanol–water partition coefficient (Wildman–Crippen LogP) is 2.35. The number of carboxylic acid groups (broad SMARTS) is 1. The van der Waals surface area contributed by atoms with Gasteiger partial charge in [-0.3, -0.25) is 5.10 Å². The van der Waals surface area contributed by atoms with Crippen LogP contribution in [0.15, 0.2) is 30.6 Å². The number of H-pyrrole nitrogens is 1. The molecule has 0 unspecified atom stereocenters. The van der Waals surface area contributed by atoms with Gasteiger partial charge in [0, 0.05) is 29.5 Å². The van der Waals surface area contributed by atoms with Crippen LogP contribution in [0.4, 0.5) is 11.5 Å². The molecule has 3 heterocycles. The average Bonchev–Trinajstić information content (AvgIpc) is 3.11. The lowest BCUT2D eigenvalue weighted by Gasteiger charge is -2.41. The zero-order valence-corrected chi connectivity index (χ0v) is 15.5. The number of carbonyl (C=O) groups is 1. The van der Waals surface area contributed by atoms with Crippen LogP contribution in [0, 0.1) is 0 Å². The van der Waals surface area contributed by atoms with E-state index in [0.29, 0.717) is 30.3 Å². The molecule has 27 heavy (non-hydrogen) atoms. The Kier molecular flexibility index (Phi) is 4.57. The fourth-order valence-electron chi connectivity index (χ4n) is 3.54. The second kappa shape index (κ2) is 7.03. The van der Waals surface area contributed by atoms with Gasteiger partial charge in [-0.2, -0.15) is 5.10 Å². The molecule has 2 N–H and O–H groups in total. The summed E-state index contributed by atoms with van der Waals surface area (Å²) in [5.41, 5.74) is 2.35. The molecule has 0 saturated carbocycles. The molecule has 3 aromatic rings. The van der Waals surface area contributed by atoms with Crippen molar-refractivity contribution in [3.05, 3.63) is 41.3 Å². The molecule has 1 aromatic carbocycles. The van der Waals surface area contributed by atoms with Crippen molar-refractivity contribution in [2.75, 3.05) is 29.4 Å². The van der Waals surface area contributed by atoms with E-state index in [9.17, 15) is 9.90 Å². The summed E-state index contributed by atoms with van der Waals surface area (Å²) in [6, 6.07) is 6.57. The number of aromatic nitrogens is 4. The summed E-state index contributed by atoms with van der Waals surface area (Å²) in [6.07, 6.45) is 2.23. The molecular weight excluding hydrogens is 368 g/mol. The number of hydrogen-bond donors (Lipinski definition) is 2. The van der Waals surface area contributed by atoms with Crippen molar-refractivity contribution in [3.8, 4) is 0 Å². The number of fused-ring (bicyclic) bond motifs is 1. The minimum Gasteiger partial charge on any atom is -0.480 e. The van der Waals surface area contributed by atoms with Crippen molar-refractivity contribution in [1.29, 1.82) is 0 Å². The Morgan fingerprint density at radius 1 is 1.37 bits per heavy atom. The monoisotopic (exact) mass is 386 g/mol. The lowest BCUT2D eigenvalue weighted by Crippen LogP contribution is -2.57. The summed E-state index contributed by atoms with van der Waals surface area (Å²) >= 11 is 6.09. The largest absolute Gasteiger partial charge is 0.480 e. The van der Waals surface area contributed by atoms with Gasteiger partial charge in [-0.15, -0.1) is 0 Å². The van der Waals surface area contributed by atoms with E-state index in [4.69, 9.17) is 11.6 Å². The minimum atomic E-state index is -0.882. The third kappa shape index (κ3) is 3.16. The number of piperazine rings is 1. The van der Waals surface area contributed by atoms with Crippen LogP contribution >= 0.6 is 11.6 Å². The van der Waals surface area contributed by atoms with Crippen molar-refractivity contribution < 1.29 is 9.90 Å². The highest BCUT2D eigenvalue weighted by Crippen LogP contribution is 2.29. The Morgan fingerprint density at radius 3 is 2.96 bits per heavy atom. The van der Waals surface area contributed by atoms with Crippen LogP contribution in [0.25, 0.3) is 11.0 Å². The topological polar surface area (TPSA) is 98.2 Å². The molecule has 1 atom stereocenters. The molecule has 4 rings (SSSR count). The number of hydrogen-bond acceptors (Lipinski definition) is 6. The van der Waals surface area contributed by atoms with E-state index in [1.807, 2.05) is 28.9 Å². The van der Waals surface area contributed by atoms with E-state index in [2.05, 4.69) is 20.2 Å². The molecule has 140 valence electrons. The second-order valence-corrected chi connectivity index (χ2v) is 6.86. The molecule has 0 bridgehead atoms. The molecule has 0 aliphatic carbocycles. The van der Waals surface area contributed by atoms with Crippen LogP contribution in [0.5, 0.6) is 0 Å². The molecule has 0 spiro atoms. The summed E-state index contributed by atoms with van der Waals surface area (Å²) < 4.78 is 0. The van der Waals surface area contributed by atoms with Crippen LogP contribution in [-0.4, -0.2) is 56.9 Å². The number of aliphatic carboxylic acids is 1. The van der Waals surface area contributed by atoms with Crippen LogP contribution in [0.1, 0.15) is 12.6 Å². The average molecular weight is 387 g/mol. The Bertz CT molecular complexity index is 991. The number of carboxylic acids is 1. The van der Waals surface area contributed by atoms with Gasteiger partial charge in [-0.05, 0) is 24.6 Å². The Balaban J connectivity index is 1.69. The van der Waals surface area contributed by atoms with Crippen molar-refractivity contribution in [1.82, 2.24) is 20.2 Å². The van der Waals surface area contributed by atoms with E-state index in [0.717, 1.165) is 29.0 Å². The minimum absolute atomic E-state index is 0.308. The fraction of sp³-hybridized carbons (Fsp3) is 0.333. The van der Waals surface area contributed by atoms with E-state index >= 15 is 0 Å². The van der Waals surface area contributed by atoms with Crippen LogP contribution < -0.4 is 9.80 Å². The lowest BCUT2D eigenvalue weighted by molar-refractivity contribution is -0.138. The quantitative estimate of drug-likeness (QED) is 0.710. The van der Waals surface area contributed by atoms with Gasteiger partial charge in [0.2, 0.25) is 0 Å². The maximum atomic E-state index is 12.0. The zero-order chi connectivity index (χ0) is 19.0. The Hall–Kier alpha value is -2.87. The van der Waals surface area contributed by atoms with Gasteiger partial charge >= 0.3 is 5.97 Å². The molecule has 1 saturated heterocycles. The molecule has 0 amide bonds. The normalized spacial score (nSPS) is 17.5. The molecule has 9 heteroatoms. The third-order valence-electron chi connectivity index (χ3n) is 4.86. The van der Waals surface area contributed by atoms with Gasteiger partial charge < -0.3 is 14.9 Å². The summed E-state index contributed by atoms with van der Waals surface area (Å²) in [6.45, 7) is 3.52. The van der Waals surface area contributed by atoms with Crippen molar-refractivity contribution in [2.45, 2.75) is 19.4 Å². The number of rotatable bonds is 4. The number of nitrogens with zero attached hydrogens (tertiary/aromatic N) is 5. The van der Waals surface area contributed by atoms with Gasteiger partial charge in [0.1, 0.15) is 18.2 Å². The summed E-state index contributed by atoms with van der Waals surface area (Å²) in [5.74, 6) is -0.157. The summed E-state index contributed by atoms with van der Waals surface area (Å²) in [4.78, 5) is 24.5. The molecule has 1 aliphatic rings. The molecule has 8 nitrogen and oxygen atoms in total. The van der Waals surface area contributed by atoms with Crippen molar-refractivity contribution in [3.63, 3.8) is 0 Å². The number of aromatic amines is 1. The number of aryl methyl sites for hydroxylation is 1. The molecule has 1 fully saturated rings. The van der Waals surface area contributed by atoms with Crippen molar-refractivity contribution >= 4 is 40.1 Å². The maximum Gasteiger partial charge on any atom is 0.328 e. The SMILES string of the molecule is CCc1[nH]nc2ncnc(N3CCN(c4cccc(Cl)c4)[C@H](C(=O)O)C3)c12. The first-order valence-electron chi connectivity index (χ1n) is 8.76. The Morgan fingerprint density at radius 2 is 2.22 bits per heavy atom. The Labute approximate surface area is 160 Å². The first-order chi connectivity index (χ1) is 13.1. The maximum absolute atomic E-state index is 12.0. The van der Waals surface area contributed by atoms with E-state index < -0.39 is 12.0 Å². The van der Waals surface area contributed by atoms with E-state index in [-0.39, 0.29) is 0 Å². The summed E-state index contributed by atoms with van der Waals surface area (Å²) in [5, 5.41) is 18.5. The van der Waals surface area contributed by atoms with Crippen molar-refractivity contribution in [2.24, 2.45) is 0 Å². The van der Waals surface area contributed by atoms with Gasteiger partial charge in [0.05, 0.1) is 11.9 Å². The first kappa shape index (κ1) is 17.5. The zero-order valence-electron chi connectivity index (χ0n) is 14.8. The number of halogens is 1. The molecular formula is C18H19ClN6O2. The summed E-state index contributed by atoms with van der Waals surface area (Å²) in [7, 11) is 0. The highest BCUT2D eigenvalue weighted by atomic mass is 35.5. The first-order valence-corrected chi connectivity index (χ1v) is 9.14. The molecule has 1 aliphatic heterocycles. The number of anilines is 2. The third-order valence-corrected chi connectivity index (χ3v) is 5.10. The van der Waals surface area contributed by atoms with Crippen LogP contribution in [0.2, 0.25) is 5.02 Å². The van der Waals surface area contributed by atoms with E-state index in [1.54, 1.807) is 12.1 Å². The van der Waals surface area contributed by atoms with Gasteiger partial charge in [0.25, 0.3) is 0 Å². The lowest BCUT2D eigenvalue weighted by atomic mass is 10.1. The van der Waals surface area contributed by atoms with Crippen LogP contribution in [-0.2, 0) is 11.2 Å². The molecule has 2 aromatic heterocycles. The standard InChI is InChI=1S/C18H19ClN6O2/c1-2-13-15-16(23-22-13)20-10-21-17(15)24-6-7-25(14(9-24)18(26)27)12-5-3-4-11(19)8-12/h3-5,8,10,14H,2,6-7,9H2,1H3,(H,26,27)(H,20,21,22,23)/t14-/m0/s1. The highest BCUT2D eigenvalue weighted by Gasteiger charge is 2.34. The van der Waals surface area contributed by atoms with Crippen LogP contribution in [0.3, 0.4) is 0 Å². The van der Waals surface area contributed by atoms with Gasteiger partial charge in [-0.25, -0.2) is 14.8 Å². The number of nitrogens with one attached hydrogen (secondary N) is 1. The van der Waals surface area contributed by atoms with Gasteiger partial charge in [-0.1, -0.05) is 24.6 Å². The van der Waals surface area contributed by atoms with E-state index in [1.165, 1.54) is 6.33 Å². The number of benzene rings is 1. The fourth-order valence-corrected chi connectivity index (χ4v) is 3.73. The van der Waals surface area contributed by atoms with Gasteiger partial charge in [0.15, 0.2) is 5.65 Å². The smallest absolute Gasteiger partial charge is 0.328 e.